The minimum atomic E-state index is 0.0822. The number of fused-ring (bicyclic) bond motifs is 1. The van der Waals surface area contributed by atoms with E-state index in [-0.39, 0.29) is 5.78 Å². The Morgan fingerprint density at radius 3 is 2.79 bits per heavy atom. The first-order chi connectivity index (χ1) is 9.16. The largest absolute Gasteiger partial charge is 0.289 e. The standard InChI is InChI=1S/C15H8BrIOS/c16-10-4-5-13(17)12(8-10)14(18)11-3-1-2-9-6-7-19-15(9)11/h1-8H. The lowest BCUT2D eigenvalue weighted by Gasteiger charge is -2.06. The van der Waals surface area contributed by atoms with Crippen LogP contribution in [-0.2, 0) is 0 Å². The lowest BCUT2D eigenvalue weighted by molar-refractivity contribution is 0.103. The van der Waals surface area contributed by atoms with Gasteiger partial charge in [0.2, 0.25) is 0 Å². The first-order valence-electron chi connectivity index (χ1n) is 5.63. The van der Waals surface area contributed by atoms with Gasteiger partial charge in [0.25, 0.3) is 0 Å². The molecule has 0 N–H and O–H groups in total. The second kappa shape index (κ2) is 5.34. The predicted molar refractivity (Wildman–Crippen MR) is 92.1 cm³/mol. The van der Waals surface area contributed by atoms with Crippen molar-refractivity contribution in [3.05, 3.63) is 67.0 Å². The summed E-state index contributed by atoms with van der Waals surface area (Å²) in [7, 11) is 0. The zero-order chi connectivity index (χ0) is 13.4. The quantitative estimate of drug-likeness (QED) is 0.378. The van der Waals surface area contributed by atoms with Crippen LogP contribution in [0.3, 0.4) is 0 Å². The average molecular weight is 443 g/mol. The van der Waals surface area contributed by atoms with Crippen LogP contribution in [0.5, 0.6) is 0 Å². The molecule has 19 heavy (non-hydrogen) atoms. The molecule has 0 amide bonds. The molecule has 2 aromatic carbocycles. The normalized spacial score (nSPS) is 10.8. The Kier molecular flexibility index (Phi) is 3.73. The minimum absolute atomic E-state index is 0.0822. The first-order valence-corrected chi connectivity index (χ1v) is 8.38. The van der Waals surface area contributed by atoms with Crippen molar-refractivity contribution < 1.29 is 4.79 Å². The molecule has 1 aromatic heterocycles. The van der Waals surface area contributed by atoms with Crippen LogP contribution in [0.25, 0.3) is 10.1 Å². The second-order valence-electron chi connectivity index (χ2n) is 4.10. The van der Waals surface area contributed by atoms with Crippen LogP contribution in [0.15, 0.2) is 52.3 Å². The molecule has 0 unspecified atom stereocenters. The van der Waals surface area contributed by atoms with Crippen LogP contribution < -0.4 is 0 Å². The van der Waals surface area contributed by atoms with Gasteiger partial charge in [-0.15, -0.1) is 11.3 Å². The number of rotatable bonds is 2. The maximum absolute atomic E-state index is 12.7. The molecule has 1 nitrogen and oxygen atoms in total. The highest BCUT2D eigenvalue weighted by atomic mass is 127. The van der Waals surface area contributed by atoms with Gasteiger partial charge in [-0.25, -0.2) is 0 Å². The van der Waals surface area contributed by atoms with Crippen LogP contribution in [0.2, 0.25) is 0 Å². The fourth-order valence-corrected chi connectivity index (χ4v) is 3.84. The van der Waals surface area contributed by atoms with Crippen LogP contribution in [-0.4, -0.2) is 5.78 Å². The number of carbonyl (C=O) groups is 1. The maximum atomic E-state index is 12.7. The molecular weight excluding hydrogens is 435 g/mol. The second-order valence-corrected chi connectivity index (χ2v) is 7.09. The van der Waals surface area contributed by atoms with Gasteiger partial charge in [-0.1, -0.05) is 28.1 Å². The highest BCUT2D eigenvalue weighted by Crippen LogP contribution is 2.28. The molecular formula is C15H8BrIOS. The van der Waals surface area contributed by atoms with Crippen LogP contribution in [0, 0.1) is 3.57 Å². The van der Waals surface area contributed by atoms with E-state index >= 15 is 0 Å². The van der Waals surface area contributed by atoms with Gasteiger partial charge in [-0.3, -0.25) is 4.79 Å². The summed E-state index contributed by atoms with van der Waals surface area (Å²) in [5.74, 6) is 0.0822. The Bertz CT molecular complexity index is 779. The van der Waals surface area contributed by atoms with Crippen molar-refractivity contribution in [2.24, 2.45) is 0 Å². The molecule has 0 atom stereocenters. The number of hydrogen-bond donors (Lipinski definition) is 0. The topological polar surface area (TPSA) is 17.1 Å². The number of benzene rings is 2. The first kappa shape index (κ1) is 13.3. The Labute approximate surface area is 136 Å². The summed E-state index contributed by atoms with van der Waals surface area (Å²) in [5, 5.41) is 3.15. The highest BCUT2D eigenvalue weighted by molar-refractivity contribution is 14.1. The summed E-state index contributed by atoms with van der Waals surface area (Å²) in [4.78, 5) is 12.7. The highest BCUT2D eigenvalue weighted by Gasteiger charge is 2.16. The van der Waals surface area contributed by atoms with Crippen molar-refractivity contribution in [1.82, 2.24) is 0 Å². The summed E-state index contributed by atoms with van der Waals surface area (Å²) < 4.78 is 2.96. The van der Waals surface area contributed by atoms with Crippen molar-refractivity contribution in [1.29, 1.82) is 0 Å². The van der Waals surface area contributed by atoms with Crippen molar-refractivity contribution in [2.75, 3.05) is 0 Å². The molecule has 0 aliphatic carbocycles. The van der Waals surface area contributed by atoms with Gasteiger partial charge in [-0.05, 0) is 63.7 Å². The van der Waals surface area contributed by atoms with E-state index < -0.39 is 0 Å². The van der Waals surface area contributed by atoms with Gasteiger partial charge in [0, 0.05) is 23.9 Å². The molecule has 3 rings (SSSR count). The number of halogens is 2. The zero-order valence-corrected chi connectivity index (χ0v) is 14.3. The van der Waals surface area contributed by atoms with Gasteiger partial charge in [-0.2, -0.15) is 0 Å². The molecule has 94 valence electrons. The van der Waals surface area contributed by atoms with E-state index in [2.05, 4.69) is 38.5 Å². The van der Waals surface area contributed by atoms with Crippen LogP contribution in [0.4, 0.5) is 0 Å². The van der Waals surface area contributed by atoms with Gasteiger partial charge in [0.05, 0.1) is 0 Å². The summed E-state index contributed by atoms with van der Waals surface area (Å²) in [6.45, 7) is 0. The molecule has 0 aliphatic heterocycles. The number of ketones is 1. The third kappa shape index (κ3) is 2.49. The predicted octanol–water partition coefficient (Wildman–Crippen LogP) is 5.50. The molecule has 3 aromatic rings. The van der Waals surface area contributed by atoms with Crippen molar-refractivity contribution in [3.63, 3.8) is 0 Å². The summed E-state index contributed by atoms with van der Waals surface area (Å²) in [6, 6.07) is 13.7. The van der Waals surface area contributed by atoms with E-state index in [1.54, 1.807) is 11.3 Å². The molecule has 0 saturated carbocycles. The minimum Gasteiger partial charge on any atom is -0.289 e. The lowest BCUT2D eigenvalue weighted by Crippen LogP contribution is -2.03. The van der Waals surface area contributed by atoms with Crippen LogP contribution in [0.1, 0.15) is 15.9 Å². The fourth-order valence-electron chi connectivity index (χ4n) is 1.99. The molecule has 0 bridgehead atoms. The number of thiophene rings is 1. The third-order valence-corrected chi connectivity index (χ3v) is 5.29. The van der Waals surface area contributed by atoms with Crippen molar-refractivity contribution in [2.45, 2.75) is 0 Å². The maximum Gasteiger partial charge on any atom is 0.195 e. The average Bonchev–Trinajstić information content (AvgIpc) is 2.89. The van der Waals surface area contributed by atoms with Crippen LogP contribution >= 0.6 is 49.9 Å². The van der Waals surface area contributed by atoms with Gasteiger partial charge >= 0.3 is 0 Å². The SMILES string of the molecule is O=C(c1cc(Br)ccc1I)c1cccc2ccsc12. The van der Waals surface area contributed by atoms with E-state index in [0.717, 1.165) is 29.3 Å². The number of carbonyl (C=O) groups excluding carboxylic acids is 1. The Morgan fingerprint density at radius 2 is 1.95 bits per heavy atom. The van der Waals surface area contributed by atoms with E-state index in [0.29, 0.717) is 0 Å². The summed E-state index contributed by atoms with van der Waals surface area (Å²) in [6.07, 6.45) is 0. The smallest absolute Gasteiger partial charge is 0.195 e. The van der Waals surface area contributed by atoms with Gasteiger partial charge in [0.15, 0.2) is 5.78 Å². The summed E-state index contributed by atoms with van der Waals surface area (Å²) >= 11 is 7.24. The van der Waals surface area contributed by atoms with Gasteiger partial charge < -0.3 is 0 Å². The zero-order valence-electron chi connectivity index (χ0n) is 9.69. The Balaban J connectivity index is 2.19. The van der Waals surface area contributed by atoms with E-state index in [1.807, 2.05) is 47.8 Å². The van der Waals surface area contributed by atoms with E-state index in [1.165, 1.54) is 0 Å². The van der Waals surface area contributed by atoms with E-state index in [4.69, 9.17) is 0 Å². The van der Waals surface area contributed by atoms with Crippen molar-refractivity contribution >= 4 is 65.7 Å². The fraction of sp³-hybridized carbons (Fsp3) is 0. The molecule has 0 fully saturated rings. The lowest BCUT2D eigenvalue weighted by atomic mass is 10.0. The van der Waals surface area contributed by atoms with E-state index in [9.17, 15) is 4.79 Å². The van der Waals surface area contributed by atoms with Crippen molar-refractivity contribution in [3.8, 4) is 0 Å². The molecule has 0 saturated heterocycles. The Morgan fingerprint density at radius 1 is 1.11 bits per heavy atom. The number of hydrogen-bond acceptors (Lipinski definition) is 2. The monoisotopic (exact) mass is 442 g/mol. The Hall–Kier alpha value is -0.720. The molecule has 0 aliphatic rings. The molecule has 0 radical (unpaired) electrons. The van der Waals surface area contributed by atoms with Gasteiger partial charge in [0.1, 0.15) is 0 Å². The summed E-state index contributed by atoms with van der Waals surface area (Å²) in [5.41, 5.74) is 1.53. The molecule has 0 spiro atoms. The molecule has 1 heterocycles. The third-order valence-electron chi connectivity index (χ3n) is 2.90. The molecule has 4 heteroatoms.